The molecule has 0 bridgehead atoms. The molecule has 4 rings (SSSR count). The molecule has 3 aromatic rings. The number of ketones is 1. The van der Waals surface area contributed by atoms with E-state index >= 15 is 0 Å². The number of esters is 1. The van der Waals surface area contributed by atoms with Gasteiger partial charge in [0.25, 0.3) is 5.91 Å². The van der Waals surface area contributed by atoms with Gasteiger partial charge in [-0.05, 0) is 25.1 Å². The molecule has 0 saturated heterocycles. The average Bonchev–Trinajstić information content (AvgIpc) is 3.31. The van der Waals surface area contributed by atoms with E-state index in [0.717, 1.165) is 11.3 Å². The number of hydrogen-bond donors (Lipinski definition) is 1. The van der Waals surface area contributed by atoms with Gasteiger partial charge in [0.05, 0.1) is 12.1 Å². The summed E-state index contributed by atoms with van der Waals surface area (Å²) in [6, 6.07) is 14.5. The first-order valence-electron chi connectivity index (χ1n) is 10.4. The lowest BCUT2D eigenvalue weighted by molar-refractivity contribution is -0.153. The second-order valence-corrected chi connectivity index (χ2v) is 8.16. The Morgan fingerprint density at radius 2 is 1.82 bits per heavy atom. The highest BCUT2D eigenvalue weighted by Gasteiger charge is 2.21. The van der Waals surface area contributed by atoms with Crippen LogP contribution in [0.2, 0.25) is 0 Å². The summed E-state index contributed by atoms with van der Waals surface area (Å²) < 4.78 is 16.1. The minimum absolute atomic E-state index is 0.0419. The van der Waals surface area contributed by atoms with E-state index in [9.17, 15) is 14.4 Å². The minimum Gasteiger partial charge on any atom is -0.486 e. The van der Waals surface area contributed by atoms with E-state index in [-0.39, 0.29) is 18.6 Å². The van der Waals surface area contributed by atoms with Gasteiger partial charge in [0.2, 0.25) is 0 Å². The lowest BCUT2D eigenvalue weighted by Crippen LogP contribution is -2.30. The molecule has 1 aliphatic heterocycles. The molecular weight excluding hydrogens is 444 g/mol. The maximum Gasteiger partial charge on any atom is 0.307 e. The lowest BCUT2D eigenvalue weighted by Gasteiger charge is -2.18. The predicted molar refractivity (Wildman–Crippen MR) is 123 cm³/mol. The molecule has 1 aliphatic rings. The topological polar surface area (TPSA) is 104 Å². The molecule has 9 heteroatoms. The van der Waals surface area contributed by atoms with Crippen molar-refractivity contribution in [2.75, 3.05) is 18.5 Å². The van der Waals surface area contributed by atoms with Crippen molar-refractivity contribution >= 4 is 34.1 Å². The van der Waals surface area contributed by atoms with Gasteiger partial charge in [-0.3, -0.25) is 19.7 Å². The number of fused-ring (bicyclic) bond motifs is 1. The Hall–Kier alpha value is -3.72. The third-order valence-electron chi connectivity index (χ3n) is 4.90. The number of nitrogens with one attached hydrogen (secondary N) is 1. The second kappa shape index (κ2) is 10.3. The highest BCUT2D eigenvalue weighted by Crippen LogP contribution is 2.31. The van der Waals surface area contributed by atoms with Gasteiger partial charge in [0, 0.05) is 22.9 Å². The van der Waals surface area contributed by atoms with E-state index in [1.54, 1.807) is 18.2 Å². The summed E-state index contributed by atoms with van der Waals surface area (Å²) in [5, 5.41) is 4.91. The molecule has 1 amide bonds. The van der Waals surface area contributed by atoms with Crippen LogP contribution in [-0.2, 0) is 14.3 Å². The largest absolute Gasteiger partial charge is 0.486 e. The SMILES string of the molecule is CC(OC(=O)CCC(=O)c1ccc2c(c1)OCCO2)C(=O)Nc1nc(-c2ccccc2)cs1. The molecule has 0 aliphatic carbocycles. The normalized spacial score (nSPS) is 13.1. The van der Waals surface area contributed by atoms with Crippen molar-refractivity contribution in [3.05, 3.63) is 59.5 Å². The Balaban J connectivity index is 1.25. The summed E-state index contributed by atoms with van der Waals surface area (Å²) in [4.78, 5) is 41.3. The highest BCUT2D eigenvalue weighted by molar-refractivity contribution is 7.14. The maximum absolute atomic E-state index is 12.4. The third kappa shape index (κ3) is 5.75. The van der Waals surface area contributed by atoms with Gasteiger partial charge in [-0.2, -0.15) is 0 Å². The number of benzene rings is 2. The van der Waals surface area contributed by atoms with Crippen molar-refractivity contribution in [3.63, 3.8) is 0 Å². The monoisotopic (exact) mass is 466 g/mol. The standard InChI is InChI=1S/C24H22N2O6S/c1-15(23(29)26-24-25-18(14-33-24)16-5-3-2-4-6-16)32-22(28)10-8-19(27)17-7-9-20-21(13-17)31-12-11-30-20/h2-7,9,13-15H,8,10-12H2,1H3,(H,25,26,29). The van der Waals surface area contributed by atoms with Crippen molar-refractivity contribution in [1.82, 2.24) is 4.98 Å². The number of Topliss-reactive ketones (excluding diaryl/α,β-unsaturated/α-hetero) is 1. The first-order valence-corrected chi connectivity index (χ1v) is 11.3. The summed E-state index contributed by atoms with van der Waals surface area (Å²) >= 11 is 1.28. The molecule has 0 saturated carbocycles. The lowest BCUT2D eigenvalue weighted by atomic mass is 10.1. The molecule has 1 atom stereocenters. The van der Waals surface area contributed by atoms with E-state index in [1.807, 2.05) is 35.7 Å². The zero-order chi connectivity index (χ0) is 23.2. The van der Waals surface area contributed by atoms with E-state index in [0.29, 0.717) is 35.4 Å². The van der Waals surface area contributed by atoms with Crippen LogP contribution in [0, 0.1) is 0 Å². The number of rotatable bonds is 8. The van der Waals surface area contributed by atoms with Crippen LogP contribution in [-0.4, -0.2) is 42.0 Å². The molecule has 0 radical (unpaired) electrons. The van der Waals surface area contributed by atoms with Crippen LogP contribution in [0.5, 0.6) is 11.5 Å². The Kier molecular flexibility index (Phi) is 6.99. The maximum atomic E-state index is 12.4. The Morgan fingerprint density at radius 1 is 1.06 bits per heavy atom. The van der Waals surface area contributed by atoms with Crippen LogP contribution in [0.15, 0.2) is 53.9 Å². The summed E-state index contributed by atoms with van der Waals surface area (Å²) in [5.41, 5.74) is 2.12. The van der Waals surface area contributed by atoms with Crippen LogP contribution in [0.25, 0.3) is 11.3 Å². The second-order valence-electron chi connectivity index (χ2n) is 7.31. The number of ether oxygens (including phenoxy) is 3. The van der Waals surface area contributed by atoms with E-state index in [4.69, 9.17) is 14.2 Å². The van der Waals surface area contributed by atoms with Gasteiger partial charge in [0.1, 0.15) is 13.2 Å². The van der Waals surface area contributed by atoms with Crippen LogP contribution in [0.4, 0.5) is 5.13 Å². The highest BCUT2D eigenvalue weighted by atomic mass is 32.1. The van der Waals surface area contributed by atoms with E-state index < -0.39 is 18.0 Å². The summed E-state index contributed by atoms with van der Waals surface area (Å²) in [6.07, 6.45) is -1.20. The van der Waals surface area contributed by atoms with Crippen LogP contribution in [0.3, 0.4) is 0 Å². The number of nitrogens with zero attached hydrogens (tertiary/aromatic N) is 1. The number of carbonyl (C=O) groups is 3. The Morgan fingerprint density at radius 3 is 2.61 bits per heavy atom. The van der Waals surface area contributed by atoms with E-state index in [2.05, 4.69) is 10.3 Å². The average molecular weight is 467 g/mol. The first-order chi connectivity index (χ1) is 16.0. The van der Waals surface area contributed by atoms with Gasteiger partial charge >= 0.3 is 5.97 Å². The predicted octanol–water partition coefficient (Wildman–Crippen LogP) is 4.11. The van der Waals surface area contributed by atoms with Gasteiger partial charge in [-0.1, -0.05) is 30.3 Å². The van der Waals surface area contributed by atoms with Gasteiger partial charge < -0.3 is 14.2 Å². The molecule has 2 heterocycles. The number of hydrogen-bond acceptors (Lipinski definition) is 8. The number of aromatic nitrogens is 1. The molecule has 1 N–H and O–H groups in total. The molecule has 0 spiro atoms. The molecule has 1 aromatic heterocycles. The zero-order valence-electron chi connectivity index (χ0n) is 17.9. The molecule has 0 fully saturated rings. The van der Waals surface area contributed by atoms with Gasteiger partial charge in [-0.25, -0.2) is 4.98 Å². The van der Waals surface area contributed by atoms with Gasteiger partial charge in [-0.15, -0.1) is 11.3 Å². The third-order valence-corrected chi connectivity index (χ3v) is 5.66. The molecule has 33 heavy (non-hydrogen) atoms. The van der Waals surface area contributed by atoms with Crippen molar-refractivity contribution in [2.24, 2.45) is 0 Å². The Bertz CT molecular complexity index is 1160. The van der Waals surface area contributed by atoms with Crippen molar-refractivity contribution < 1.29 is 28.6 Å². The number of amides is 1. The van der Waals surface area contributed by atoms with Gasteiger partial charge in [0.15, 0.2) is 28.5 Å². The van der Waals surface area contributed by atoms with Crippen LogP contribution < -0.4 is 14.8 Å². The molecule has 2 aromatic carbocycles. The summed E-state index contributed by atoms with van der Waals surface area (Å²) in [6.45, 7) is 2.36. The fourth-order valence-electron chi connectivity index (χ4n) is 3.17. The minimum atomic E-state index is -1.02. The van der Waals surface area contributed by atoms with E-state index in [1.165, 1.54) is 18.3 Å². The van der Waals surface area contributed by atoms with Crippen LogP contribution >= 0.6 is 11.3 Å². The van der Waals surface area contributed by atoms with Crippen molar-refractivity contribution in [2.45, 2.75) is 25.9 Å². The molecule has 8 nitrogen and oxygen atoms in total. The molecule has 170 valence electrons. The zero-order valence-corrected chi connectivity index (χ0v) is 18.7. The first kappa shape index (κ1) is 22.5. The fraction of sp³-hybridized carbons (Fsp3) is 0.250. The molecular formula is C24H22N2O6S. The smallest absolute Gasteiger partial charge is 0.307 e. The number of anilines is 1. The van der Waals surface area contributed by atoms with Crippen molar-refractivity contribution in [3.8, 4) is 22.8 Å². The summed E-state index contributed by atoms with van der Waals surface area (Å²) in [7, 11) is 0. The fourth-order valence-corrected chi connectivity index (χ4v) is 3.89. The quantitative estimate of drug-likeness (QED) is 0.393. The number of thiazole rings is 1. The number of carbonyl (C=O) groups excluding carboxylic acids is 3. The Labute approximate surface area is 194 Å². The summed E-state index contributed by atoms with van der Waals surface area (Å²) in [5.74, 6) is -0.244. The molecule has 1 unspecified atom stereocenters. The van der Waals surface area contributed by atoms with Crippen LogP contribution in [0.1, 0.15) is 30.1 Å². The van der Waals surface area contributed by atoms with Crippen molar-refractivity contribution in [1.29, 1.82) is 0 Å².